The predicted octanol–water partition coefficient (Wildman–Crippen LogP) is 3.16. The van der Waals surface area contributed by atoms with Crippen LogP contribution in [0.25, 0.3) is 0 Å². The maximum Gasteiger partial charge on any atom is -0.0164 e. The van der Waals surface area contributed by atoms with E-state index in [1.54, 1.807) is 0 Å². The molecule has 3 aliphatic rings. The molecule has 0 aromatic carbocycles. The van der Waals surface area contributed by atoms with Crippen molar-refractivity contribution in [1.82, 2.24) is 0 Å². The number of hydrogen-bond acceptors (Lipinski definition) is 0. The molecule has 0 heterocycles. The first-order chi connectivity index (χ1) is 5.93. The van der Waals surface area contributed by atoms with E-state index >= 15 is 0 Å². The first-order valence-corrected chi connectivity index (χ1v) is 5.28. The highest BCUT2D eigenvalue weighted by Crippen LogP contribution is 2.50. The van der Waals surface area contributed by atoms with Crippen molar-refractivity contribution in [3.05, 3.63) is 24.3 Å². The largest absolute Gasteiger partial charge is 0.0808 e. The fourth-order valence-electron chi connectivity index (χ4n) is 2.95. The number of allylic oxidation sites excluding steroid dienone is 4. The number of rotatable bonds is 1. The third-order valence-electron chi connectivity index (χ3n) is 3.82. The summed E-state index contributed by atoms with van der Waals surface area (Å²) >= 11 is 0. The maximum absolute atomic E-state index is 2.42. The fourth-order valence-corrected chi connectivity index (χ4v) is 2.95. The SMILES string of the molecule is C1=CC2CC(C3CC3)CC2C=C1. The monoisotopic (exact) mass is 160 g/mol. The molecule has 3 aliphatic carbocycles. The molecule has 0 saturated heterocycles. The molecule has 2 saturated carbocycles. The van der Waals surface area contributed by atoms with Crippen molar-refractivity contribution in [2.75, 3.05) is 0 Å². The van der Waals surface area contributed by atoms with Gasteiger partial charge in [0, 0.05) is 0 Å². The molecular weight excluding hydrogens is 144 g/mol. The molecule has 0 nitrogen and oxygen atoms in total. The second kappa shape index (κ2) is 2.48. The van der Waals surface area contributed by atoms with E-state index in [0.717, 1.165) is 23.7 Å². The van der Waals surface area contributed by atoms with Crippen LogP contribution in [-0.4, -0.2) is 0 Å². The van der Waals surface area contributed by atoms with Gasteiger partial charge in [-0.05, 0) is 49.4 Å². The Bertz CT molecular complexity index is 212. The van der Waals surface area contributed by atoms with Crippen LogP contribution >= 0.6 is 0 Å². The van der Waals surface area contributed by atoms with Crippen molar-refractivity contribution in [2.24, 2.45) is 23.7 Å². The Labute approximate surface area is 74.4 Å². The molecule has 2 unspecified atom stereocenters. The van der Waals surface area contributed by atoms with Gasteiger partial charge in [-0.1, -0.05) is 24.3 Å². The number of fused-ring (bicyclic) bond motifs is 1. The highest BCUT2D eigenvalue weighted by atomic mass is 14.4. The van der Waals surface area contributed by atoms with E-state index in [-0.39, 0.29) is 0 Å². The lowest BCUT2D eigenvalue weighted by Gasteiger charge is -2.13. The van der Waals surface area contributed by atoms with Crippen molar-refractivity contribution in [2.45, 2.75) is 25.7 Å². The summed E-state index contributed by atoms with van der Waals surface area (Å²) < 4.78 is 0. The van der Waals surface area contributed by atoms with Crippen molar-refractivity contribution < 1.29 is 0 Å². The van der Waals surface area contributed by atoms with Crippen LogP contribution in [0.1, 0.15) is 25.7 Å². The smallest absolute Gasteiger partial charge is 0.0164 e. The van der Waals surface area contributed by atoms with Crippen LogP contribution < -0.4 is 0 Å². The molecule has 12 heavy (non-hydrogen) atoms. The summed E-state index contributed by atoms with van der Waals surface area (Å²) in [6, 6.07) is 0. The zero-order valence-electron chi connectivity index (χ0n) is 7.45. The van der Waals surface area contributed by atoms with Crippen molar-refractivity contribution in [3.63, 3.8) is 0 Å². The van der Waals surface area contributed by atoms with Crippen molar-refractivity contribution >= 4 is 0 Å². The van der Waals surface area contributed by atoms with Gasteiger partial charge in [0.1, 0.15) is 0 Å². The van der Waals surface area contributed by atoms with E-state index in [1.165, 1.54) is 25.7 Å². The summed E-state index contributed by atoms with van der Waals surface area (Å²) in [5, 5.41) is 0. The van der Waals surface area contributed by atoms with Gasteiger partial charge in [0.15, 0.2) is 0 Å². The summed E-state index contributed by atoms with van der Waals surface area (Å²) in [7, 11) is 0. The molecule has 0 heteroatoms. The fraction of sp³-hybridized carbons (Fsp3) is 0.667. The van der Waals surface area contributed by atoms with E-state index in [1.807, 2.05) is 0 Å². The molecule has 0 spiro atoms. The molecular formula is C12H16. The molecule has 2 atom stereocenters. The Balaban J connectivity index is 1.75. The summed E-state index contributed by atoms with van der Waals surface area (Å²) in [6.45, 7) is 0. The van der Waals surface area contributed by atoms with Gasteiger partial charge < -0.3 is 0 Å². The first kappa shape index (κ1) is 6.94. The third-order valence-corrected chi connectivity index (χ3v) is 3.82. The van der Waals surface area contributed by atoms with E-state index < -0.39 is 0 Å². The van der Waals surface area contributed by atoms with Crippen molar-refractivity contribution in [1.29, 1.82) is 0 Å². The Hall–Kier alpha value is -0.520. The molecule has 3 rings (SSSR count). The lowest BCUT2D eigenvalue weighted by atomic mass is 9.92. The van der Waals surface area contributed by atoms with Gasteiger partial charge in [0.25, 0.3) is 0 Å². The topological polar surface area (TPSA) is 0 Å². The van der Waals surface area contributed by atoms with Crippen LogP contribution in [0.2, 0.25) is 0 Å². The summed E-state index contributed by atoms with van der Waals surface area (Å²) in [4.78, 5) is 0. The van der Waals surface area contributed by atoms with E-state index in [2.05, 4.69) is 24.3 Å². The van der Waals surface area contributed by atoms with Gasteiger partial charge in [-0.2, -0.15) is 0 Å². The van der Waals surface area contributed by atoms with Crippen LogP contribution in [0.15, 0.2) is 24.3 Å². The molecule has 0 radical (unpaired) electrons. The number of hydrogen-bond donors (Lipinski definition) is 0. The maximum atomic E-state index is 2.42. The minimum absolute atomic E-state index is 0.903. The van der Waals surface area contributed by atoms with Crippen LogP contribution in [-0.2, 0) is 0 Å². The molecule has 0 N–H and O–H groups in total. The Morgan fingerprint density at radius 2 is 1.33 bits per heavy atom. The minimum atomic E-state index is 0.903. The third kappa shape index (κ3) is 1.05. The van der Waals surface area contributed by atoms with Gasteiger partial charge in [-0.3, -0.25) is 0 Å². The van der Waals surface area contributed by atoms with Crippen LogP contribution in [0.5, 0.6) is 0 Å². The molecule has 0 aromatic heterocycles. The van der Waals surface area contributed by atoms with Gasteiger partial charge in [-0.15, -0.1) is 0 Å². The summed E-state index contributed by atoms with van der Waals surface area (Å²) in [5.74, 6) is 4.01. The first-order valence-electron chi connectivity index (χ1n) is 5.28. The zero-order valence-corrected chi connectivity index (χ0v) is 7.45. The van der Waals surface area contributed by atoms with E-state index in [0.29, 0.717) is 0 Å². The Morgan fingerprint density at radius 3 is 1.83 bits per heavy atom. The lowest BCUT2D eigenvalue weighted by molar-refractivity contribution is 0.465. The second-order valence-corrected chi connectivity index (χ2v) is 4.67. The lowest BCUT2D eigenvalue weighted by Crippen LogP contribution is -2.03. The van der Waals surface area contributed by atoms with Crippen LogP contribution in [0.4, 0.5) is 0 Å². The normalized spacial score (nSPS) is 44.8. The quantitative estimate of drug-likeness (QED) is 0.552. The summed E-state index contributed by atoms with van der Waals surface area (Å²) in [6.07, 6.45) is 15.3. The minimum Gasteiger partial charge on any atom is -0.0808 e. The summed E-state index contributed by atoms with van der Waals surface area (Å²) in [5.41, 5.74) is 0. The van der Waals surface area contributed by atoms with Gasteiger partial charge in [0.2, 0.25) is 0 Å². The van der Waals surface area contributed by atoms with Crippen LogP contribution in [0.3, 0.4) is 0 Å². The van der Waals surface area contributed by atoms with Crippen LogP contribution in [0, 0.1) is 23.7 Å². The molecule has 0 bridgehead atoms. The van der Waals surface area contributed by atoms with Crippen molar-refractivity contribution in [3.8, 4) is 0 Å². The average molecular weight is 160 g/mol. The molecule has 64 valence electrons. The Morgan fingerprint density at radius 1 is 0.750 bits per heavy atom. The van der Waals surface area contributed by atoms with E-state index in [9.17, 15) is 0 Å². The molecule has 0 amide bonds. The highest BCUT2D eigenvalue weighted by Gasteiger charge is 2.40. The van der Waals surface area contributed by atoms with Gasteiger partial charge >= 0.3 is 0 Å². The molecule has 2 fully saturated rings. The standard InChI is InChI=1S/C12H16/c1-2-4-11-8-12(9-5-6-9)7-10(11)3-1/h1-4,9-12H,5-8H2. The van der Waals surface area contributed by atoms with Gasteiger partial charge in [0.05, 0.1) is 0 Å². The Kier molecular flexibility index (Phi) is 1.44. The highest BCUT2D eigenvalue weighted by molar-refractivity contribution is 5.17. The second-order valence-electron chi connectivity index (χ2n) is 4.67. The van der Waals surface area contributed by atoms with Gasteiger partial charge in [-0.25, -0.2) is 0 Å². The zero-order chi connectivity index (χ0) is 7.97. The molecule has 0 aliphatic heterocycles. The molecule has 0 aromatic rings. The average Bonchev–Trinajstić information content (AvgIpc) is 2.85. The van der Waals surface area contributed by atoms with E-state index in [4.69, 9.17) is 0 Å². The predicted molar refractivity (Wildman–Crippen MR) is 50.7 cm³/mol.